The SMILES string of the molecule is NC(=O)[C@@H]1c2ccccc2CCN1C(=O)CCCCCCS. The number of primary amides is 1. The molecule has 4 nitrogen and oxygen atoms in total. The van der Waals surface area contributed by atoms with Crippen LogP contribution in [0.1, 0.15) is 49.3 Å². The number of unbranched alkanes of at least 4 members (excludes halogenated alkanes) is 3. The van der Waals surface area contributed by atoms with E-state index < -0.39 is 11.9 Å². The lowest BCUT2D eigenvalue weighted by Crippen LogP contribution is -2.45. The lowest BCUT2D eigenvalue weighted by Gasteiger charge is -2.35. The summed E-state index contributed by atoms with van der Waals surface area (Å²) in [4.78, 5) is 26.0. The highest BCUT2D eigenvalue weighted by atomic mass is 32.1. The van der Waals surface area contributed by atoms with Crippen LogP contribution in [0.2, 0.25) is 0 Å². The number of nitrogens with zero attached hydrogens (tertiary/aromatic N) is 1. The molecule has 1 atom stereocenters. The Balaban J connectivity index is 2.01. The minimum Gasteiger partial charge on any atom is -0.368 e. The van der Waals surface area contributed by atoms with Crippen molar-refractivity contribution in [1.29, 1.82) is 0 Å². The molecule has 2 rings (SSSR count). The minimum atomic E-state index is -0.616. The fourth-order valence-electron chi connectivity index (χ4n) is 3.03. The molecule has 22 heavy (non-hydrogen) atoms. The molecule has 5 heteroatoms. The lowest BCUT2D eigenvalue weighted by molar-refractivity contribution is -0.140. The first-order valence-electron chi connectivity index (χ1n) is 7.92. The average Bonchev–Trinajstić information content (AvgIpc) is 2.53. The normalized spacial score (nSPS) is 17.1. The second-order valence-electron chi connectivity index (χ2n) is 5.73. The van der Waals surface area contributed by atoms with Gasteiger partial charge < -0.3 is 10.6 Å². The molecule has 1 heterocycles. The highest BCUT2D eigenvalue weighted by Gasteiger charge is 2.33. The number of fused-ring (bicyclic) bond motifs is 1. The molecule has 1 aromatic rings. The van der Waals surface area contributed by atoms with Gasteiger partial charge in [0.05, 0.1) is 0 Å². The van der Waals surface area contributed by atoms with Crippen LogP contribution in [-0.4, -0.2) is 29.0 Å². The number of hydrogen-bond acceptors (Lipinski definition) is 3. The first-order valence-corrected chi connectivity index (χ1v) is 8.56. The van der Waals surface area contributed by atoms with E-state index in [4.69, 9.17) is 5.73 Å². The highest BCUT2D eigenvalue weighted by Crippen LogP contribution is 2.30. The third-order valence-electron chi connectivity index (χ3n) is 4.17. The highest BCUT2D eigenvalue weighted by molar-refractivity contribution is 7.80. The van der Waals surface area contributed by atoms with E-state index in [1.54, 1.807) is 4.90 Å². The van der Waals surface area contributed by atoms with Gasteiger partial charge in [-0.1, -0.05) is 37.1 Å². The first kappa shape index (κ1) is 16.9. The van der Waals surface area contributed by atoms with Crippen molar-refractivity contribution in [3.8, 4) is 0 Å². The predicted molar refractivity (Wildman–Crippen MR) is 90.7 cm³/mol. The zero-order valence-corrected chi connectivity index (χ0v) is 13.7. The number of thiol groups is 1. The van der Waals surface area contributed by atoms with Crippen LogP contribution in [0.4, 0.5) is 0 Å². The molecule has 0 unspecified atom stereocenters. The Morgan fingerprint density at radius 3 is 2.64 bits per heavy atom. The zero-order valence-electron chi connectivity index (χ0n) is 12.8. The van der Waals surface area contributed by atoms with Crippen molar-refractivity contribution in [3.63, 3.8) is 0 Å². The van der Waals surface area contributed by atoms with Crippen molar-refractivity contribution in [2.45, 2.75) is 44.6 Å². The number of carbonyl (C=O) groups excluding carboxylic acids is 2. The molecule has 1 aromatic carbocycles. The second-order valence-corrected chi connectivity index (χ2v) is 6.18. The summed E-state index contributed by atoms with van der Waals surface area (Å²) in [5.41, 5.74) is 7.56. The van der Waals surface area contributed by atoms with Gasteiger partial charge in [-0.3, -0.25) is 9.59 Å². The van der Waals surface area contributed by atoms with Gasteiger partial charge in [-0.25, -0.2) is 0 Å². The van der Waals surface area contributed by atoms with E-state index in [2.05, 4.69) is 12.6 Å². The monoisotopic (exact) mass is 320 g/mol. The van der Waals surface area contributed by atoms with Gasteiger partial charge >= 0.3 is 0 Å². The molecule has 2 amide bonds. The molecule has 0 saturated heterocycles. The molecular formula is C17H24N2O2S. The number of hydrogen-bond donors (Lipinski definition) is 2. The van der Waals surface area contributed by atoms with Crippen molar-refractivity contribution in [1.82, 2.24) is 4.90 Å². The van der Waals surface area contributed by atoms with Gasteiger partial charge in [0.1, 0.15) is 6.04 Å². The van der Waals surface area contributed by atoms with Crippen molar-refractivity contribution in [2.75, 3.05) is 12.3 Å². The maximum Gasteiger partial charge on any atom is 0.244 e. The Bertz CT molecular complexity index is 533. The zero-order chi connectivity index (χ0) is 15.9. The van der Waals surface area contributed by atoms with Gasteiger partial charge in [0.25, 0.3) is 0 Å². The lowest BCUT2D eigenvalue weighted by atomic mass is 9.91. The molecule has 120 valence electrons. The summed E-state index contributed by atoms with van der Waals surface area (Å²) in [6, 6.07) is 7.13. The molecule has 2 N–H and O–H groups in total. The van der Waals surface area contributed by atoms with Crippen LogP contribution >= 0.6 is 12.6 Å². The Hall–Kier alpha value is -1.49. The molecule has 0 aromatic heterocycles. The minimum absolute atomic E-state index is 0.0316. The van der Waals surface area contributed by atoms with Crippen molar-refractivity contribution < 1.29 is 9.59 Å². The molecule has 0 fully saturated rings. The Morgan fingerprint density at radius 2 is 1.91 bits per heavy atom. The van der Waals surface area contributed by atoms with E-state index in [9.17, 15) is 9.59 Å². The summed E-state index contributed by atoms with van der Waals surface area (Å²) >= 11 is 4.18. The molecule has 0 aliphatic carbocycles. The third-order valence-corrected chi connectivity index (χ3v) is 4.49. The first-order chi connectivity index (χ1) is 10.6. The molecule has 1 aliphatic heterocycles. The smallest absolute Gasteiger partial charge is 0.244 e. The van der Waals surface area contributed by atoms with Gasteiger partial charge in [0.2, 0.25) is 11.8 Å². The number of carbonyl (C=O) groups is 2. The van der Waals surface area contributed by atoms with Crippen LogP contribution in [0.25, 0.3) is 0 Å². The number of benzene rings is 1. The third kappa shape index (κ3) is 4.03. The van der Waals surface area contributed by atoms with E-state index >= 15 is 0 Å². The van der Waals surface area contributed by atoms with Crippen LogP contribution < -0.4 is 5.73 Å². The van der Waals surface area contributed by atoms with Crippen molar-refractivity contribution >= 4 is 24.4 Å². The quantitative estimate of drug-likeness (QED) is 0.599. The Labute approximate surface area is 137 Å². The van der Waals surface area contributed by atoms with Crippen LogP contribution in [0.5, 0.6) is 0 Å². The Morgan fingerprint density at radius 1 is 1.18 bits per heavy atom. The fraction of sp³-hybridized carbons (Fsp3) is 0.529. The maximum atomic E-state index is 12.5. The topological polar surface area (TPSA) is 63.4 Å². The summed E-state index contributed by atoms with van der Waals surface area (Å²) in [5.74, 6) is 0.473. The summed E-state index contributed by atoms with van der Waals surface area (Å²) in [6.07, 6.45) is 5.33. The number of nitrogens with two attached hydrogens (primary N) is 1. The van der Waals surface area contributed by atoms with E-state index in [-0.39, 0.29) is 5.91 Å². The van der Waals surface area contributed by atoms with Gasteiger partial charge in [-0.05, 0) is 36.1 Å². The molecule has 1 aliphatic rings. The van der Waals surface area contributed by atoms with Gasteiger partial charge in [-0.15, -0.1) is 0 Å². The molecule has 0 saturated carbocycles. The summed E-state index contributed by atoms with van der Waals surface area (Å²) in [6.45, 7) is 0.570. The van der Waals surface area contributed by atoms with Gasteiger partial charge in [-0.2, -0.15) is 12.6 Å². The fourth-order valence-corrected chi connectivity index (χ4v) is 3.25. The maximum absolute atomic E-state index is 12.5. The van der Waals surface area contributed by atoms with Crippen LogP contribution in [0.15, 0.2) is 24.3 Å². The van der Waals surface area contributed by atoms with Crippen LogP contribution in [0.3, 0.4) is 0 Å². The van der Waals surface area contributed by atoms with Gasteiger partial charge in [0.15, 0.2) is 0 Å². The van der Waals surface area contributed by atoms with Crippen molar-refractivity contribution in [3.05, 3.63) is 35.4 Å². The largest absolute Gasteiger partial charge is 0.368 e. The Kier molecular flexibility index (Phi) is 6.31. The molecule has 0 radical (unpaired) electrons. The standard InChI is InChI=1S/C17H24N2O2S/c18-17(21)16-14-8-5-4-7-13(14)10-11-19(16)15(20)9-3-1-2-6-12-22/h4-5,7-8,16,22H,1-3,6,9-12H2,(H2,18,21)/t16-/m0/s1. The summed E-state index contributed by atoms with van der Waals surface area (Å²) < 4.78 is 0. The summed E-state index contributed by atoms with van der Waals surface area (Å²) in [5, 5.41) is 0. The molecular weight excluding hydrogens is 296 g/mol. The number of rotatable bonds is 7. The van der Waals surface area contributed by atoms with E-state index in [1.165, 1.54) is 0 Å². The summed E-state index contributed by atoms with van der Waals surface area (Å²) in [7, 11) is 0. The van der Waals surface area contributed by atoms with E-state index in [0.717, 1.165) is 49.0 Å². The van der Waals surface area contributed by atoms with Crippen molar-refractivity contribution in [2.24, 2.45) is 5.73 Å². The average molecular weight is 320 g/mol. The number of amides is 2. The van der Waals surface area contributed by atoms with Gasteiger partial charge in [0, 0.05) is 13.0 Å². The molecule has 0 spiro atoms. The van der Waals surface area contributed by atoms with Crippen LogP contribution in [0, 0.1) is 0 Å². The van der Waals surface area contributed by atoms with E-state index in [1.807, 2.05) is 24.3 Å². The van der Waals surface area contributed by atoms with Crippen LogP contribution in [-0.2, 0) is 16.0 Å². The predicted octanol–water partition coefficient (Wildman–Crippen LogP) is 2.48. The second kappa shape index (κ2) is 8.22. The van der Waals surface area contributed by atoms with E-state index in [0.29, 0.717) is 13.0 Å². The molecule has 0 bridgehead atoms.